The molecule has 2 N–H and O–H groups in total. The van der Waals surface area contributed by atoms with Crippen LogP contribution in [0.25, 0.3) is 0 Å². The van der Waals surface area contributed by atoms with E-state index in [4.69, 9.17) is 9.47 Å². The van der Waals surface area contributed by atoms with Crippen molar-refractivity contribution in [1.29, 1.82) is 0 Å². The van der Waals surface area contributed by atoms with Crippen LogP contribution in [0.15, 0.2) is 24.3 Å². The molecule has 1 aromatic heterocycles. The molecule has 2 amide bonds. The number of fused-ring (bicyclic) bond motifs is 1. The van der Waals surface area contributed by atoms with Crippen LogP contribution in [0, 0.1) is 11.3 Å². The van der Waals surface area contributed by atoms with Crippen LogP contribution in [0.2, 0.25) is 0 Å². The Labute approximate surface area is 216 Å². The third-order valence-corrected chi connectivity index (χ3v) is 8.19. The number of hydrogen-bond acceptors (Lipinski definition) is 7. The molecule has 0 saturated carbocycles. The highest BCUT2D eigenvalue weighted by atomic mass is 32.1. The Bertz CT molecular complexity index is 1130. The summed E-state index contributed by atoms with van der Waals surface area (Å²) in [7, 11) is 1.31. The SMILES string of the molecule is COC(=O)c1ccccc1NC(=O)c1c(NC(=O)CN2CCOCC2)sc2c1CCC(C(C)(C)C)C2. The predicted octanol–water partition coefficient (Wildman–Crippen LogP) is 4.21. The highest BCUT2D eigenvalue weighted by Crippen LogP contribution is 2.44. The number of benzene rings is 1. The molecule has 1 aliphatic heterocycles. The molecule has 2 heterocycles. The Balaban J connectivity index is 1.62. The number of para-hydroxylation sites is 1. The molecule has 36 heavy (non-hydrogen) atoms. The van der Waals surface area contributed by atoms with Crippen LogP contribution < -0.4 is 10.6 Å². The number of thiophene rings is 1. The van der Waals surface area contributed by atoms with Crippen molar-refractivity contribution < 1.29 is 23.9 Å². The van der Waals surface area contributed by atoms with Crippen molar-refractivity contribution in [3.05, 3.63) is 45.8 Å². The second-order valence-corrected chi connectivity index (χ2v) is 11.5. The standard InChI is InChI=1S/C27H35N3O5S/c1-27(2,3)17-9-10-19-21(15-17)36-25(29-22(31)16-30-11-13-35-14-12-30)23(19)24(32)28-20-8-6-5-7-18(20)26(33)34-4/h5-8,17H,9-16H2,1-4H3,(H,28,32)(H,29,31). The number of amides is 2. The number of rotatable bonds is 6. The highest BCUT2D eigenvalue weighted by Gasteiger charge is 2.34. The molecule has 8 nitrogen and oxygen atoms in total. The molecule has 9 heteroatoms. The number of nitrogens with one attached hydrogen (secondary N) is 2. The quantitative estimate of drug-likeness (QED) is 0.562. The summed E-state index contributed by atoms with van der Waals surface area (Å²) in [6, 6.07) is 6.77. The van der Waals surface area contributed by atoms with Crippen molar-refractivity contribution >= 4 is 39.8 Å². The smallest absolute Gasteiger partial charge is 0.339 e. The topological polar surface area (TPSA) is 97.0 Å². The summed E-state index contributed by atoms with van der Waals surface area (Å²) in [4.78, 5) is 42.0. The van der Waals surface area contributed by atoms with Gasteiger partial charge in [0.2, 0.25) is 5.91 Å². The van der Waals surface area contributed by atoms with Gasteiger partial charge < -0.3 is 20.1 Å². The van der Waals surface area contributed by atoms with Gasteiger partial charge in [-0.3, -0.25) is 14.5 Å². The molecule has 2 aromatic rings. The molecule has 1 aliphatic carbocycles. The van der Waals surface area contributed by atoms with Gasteiger partial charge in [0.05, 0.1) is 43.7 Å². The summed E-state index contributed by atoms with van der Waals surface area (Å²) < 4.78 is 10.2. The van der Waals surface area contributed by atoms with Gasteiger partial charge in [-0.25, -0.2) is 4.79 Å². The van der Waals surface area contributed by atoms with Crippen molar-refractivity contribution in [2.45, 2.75) is 40.0 Å². The van der Waals surface area contributed by atoms with Crippen LogP contribution in [0.5, 0.6) is 0 Å². The van der Waals surface area contributed by atoms with Crippen LogP contribution in [-0.2, 0) is 27.1 Å². The van der Waals surface area contributed by atoms with Crippen molar-refractivity contribution in [3.63, 3.8) is 0 Å². The normalized spacial score (nSPS) is 18.3. The van der Waals surface area contributed by atoms with E-state index in [0.29, 0.717) is 48.5 Å². The Morgan fingerprint density at radius 1 is 1.14 bits per heavy atom. The molecule has 1 saturated heterocycles. The maximum absolute atomic E-state index is 13.6. The minimum absolute atomic E-state index is 0.146. The van der Waals surface area contributed by atoms with E-state index in [1.54, 1.807) is 24.3 Å². The van der Waals surface area contributed by atoms with Crippen molar-refractivity contribution in [2.75, 3.05) is 50.6 Å². The van der Waals surface area contributed by atoms with E-state index in [0.717, 1.165) is 29.7 Å². The summed E-state index contributed by atoms with van der Waals surface area (Å²) in [6.07, 6.45) is 2.63. The number of morpholine rings is 1. The summed E-state index contributed by atoms with van der Waals surface area (Å²) in [5, 5.41) is 6.50. The van der Waals surface area contributed by atoms with E-state index in [1.807, 2.05) is 4.90 Å². The van der Waals surface area contributed by atoms with Crippen molar-refractivity contribution in [1.82, 2.24) is 4.90 Å². The molecule has 0 radical (unpaired) electrons. The van der Waals surface area contributed by atoms with Crippen LogP contribution in [-0.4, -0.2) is 62.6 Å². The second-order valence-electron chi connectivity index (χ2n) is 10.4. The average molecular weight is 514 g/mol. The van der Waals surface area contributed by atoms with E-state index < -0.39 is 5.97 Å². The maximum atomic E-state index is 13.6. The zero-order chi connectivity index (χ0) is 25.9. The van der Waals surface area contributed by atoms with E-state index in [9.17, 15) is 14.4 Å². The Hall–Kier alpha value is -2.75. The first-order valence-electron chi connectivity index (χ1n) is 12.4. The minimum Gasteiger partial charge on any atom is -0.465 e. The largest absolute Gasteiger partial charge is 0.465 e. The monoisotopic (exact) mass is 513 g/mol. The van der Waals surface area contributed by atoms with Crippen LogP contribution >= 0.6 is 11.3 Å². The number of carbonyl (C=O) groups excluding carboxylic acids is 3. The first-order valence-corrected chi connectivity index (χ1v) is 13.2. The lowest BCUT2D eigenvalue weighted by molar-refractivity contribution is -0.118. The lowest BCUT2D eigenvalue weighted by Crippen LogP contribution is -2.41. The van der Waals surface area contributed by atoms with Crippen molar-refractivity contribution in [3.8, 4) is 0 Å². The summed E-state index contributed by atoms with van der Waals surface area (Å²) >= 11 is 1.50. The Morgan fingerprint density at radius 2 is 1.86 bits per heavy atom. The molecule has 2 aliphatic rings. The van der Waals surface area contributed by atoms with Gasteiger partial charge in [-0.1, -0.05) is 32.9 Å². The third kappa shape index (κ3) is 5.96. The summed E-state index contributed by atoms with van der Waals surface area (Å²) in [6.45, 7) is 9.64. The maximum Gasteiger partial charge on any atom is 0.339 e. The molecular weight excluding hydrogens is 478 g/mol. The van der Waals surface area contributed by atoms with Gasteiger partial charge in [0.1, 0.15) is 5.00 Å². The van der Waals surface area contributed by atoms with Gasteiger partial charge in [0.15, 0.2) is 0 Å². The molecule has 0 spiro atoms. The van der Waals surface area contributed by atoms with Gasteiger partial charge in [-0.05, 0) is 48.3 Å². The third-order valence-electron chi connectivity index (χ3n) is 7.02. The molecule has 1 atom stereocenters. The highest BCUT2D eigenvalue weighted by molar-refractivity contribution is 7.17. The molecule has 0 bridgehead atoms. The van der Waals surface area contributed by atoms with Gasteiger partial charge >= 0.3 is 5.97 Å². The van der Waals surface area contributed by atoms with E-state index in [-0.39, 0.29) is 29.3 Å². The molecule has 4 rings (SSSR count). The summed E-state index contributed by atoms with van der Waals surface area (Å²) in [5.74, 6) is -0.506. The van der Waals surface area contributed by atoms with E-state index >= 15 is 0 Å². The molecule has 1 aromatic carbocycles. The molecular formula is C27H35N3O5S. The van der Waals surface area contributed by atoms with Crippen LogP contribution in [0.1, 0.15) is 58.3 Å². The van der Waals surface area contributed by atoms with Gasteiger partial charge in [-0.2, -0.15) is 0 Å². The molecule has 1 fully saturated rings. The average Bonchev–Trinajstić information content (AvgIpc) is 3.20. The number of esters is 1. The number of carbonyl (C=O) groups is 3. The number of hydrogen-bond donors (Lipinski definition) is 2. The Kier molecular flexibility index (Phi) is 8.12. The van der Waals surface area contributed by atoms with E-state index in [2.05, 4.69) is 31.4 Å². The fourth-order valence-electron chi connectivity index (χ4n) is 4.85. The number of ether oxygens (including phenoxy) is 2. The number of methoxy groups -OCH3 is 1. The lowest BCUT2D eigenvalue weighted by atomic mass is 9.72. The minimum atomic E-state index is -0.523. The van der Waals surface area contributed by atoms with Crippen LogP contribution in [0.3, 0.4) is 0 Å². The van der Waals surface area contributed by atoms with Crippen molar-refractivity contribution in [2.24, 2.45) is 11.3 Å². The second kappa shape index (κ2) is 11.1. The fraction of sp³-hybridized carbons (Fsp3) is 0.519. The first kappa shape index (κ1) is 26.3. The number of anilines is 2. The molecule has 1 unspecified atom stereocenters. The van der Waals surface area contributed by atoms with Crippen LogP contribution in [0.4, 0.5) is 10.7 Å². The number of nitrogens with zero attached hydrogens (tertiary/aromatic N) is 1. The zero-order valence-corrected chi connectivity index (χ0v) is 22.3. The van der Waals surface area contributed by atoms with Gasteiger partial charge in [0, 0.05) is 18.0 Å². The predicted molar refractivity (Wildman–Crippen MR) is 141 cm³/mol. The zero-order valence-electron chi connectivity index (χ0n) is 21.4. The van der Waals surface area contributed by atoms with Gasteiger partial charge in [0.25, 0.3) is 5.91 Å². The molecule has 194 valence electrons. The summed E-state index contributed by atoms with van der Waals surface area (Å²) in [5.41, 5.74) is 2.31. The lowest BCUT2D eigenvalue weighted by Gasteiger charge is -2.33. The fourth-order valence-corrected chi connectivity index (χ4v) is 6.19. The van der Waals surface area contributed by atoms with E-state index in [1.165, 1.54) is 18.4 Å². The Morgan fingerprint density at radius 3 is 2.56 bits per heavy atom. The van der Waals surface area contributed by atoms with Gasteiger partial charge in [-0.15, -0.1) is 11.3 Å². The first-order chi connectivity index (χ1) is 17.2.